The lowest BCUT2D eigenvalue weighted by Gasteiger charge is -2.13. The molecular weight excluding hydrogens is 349 g/mol. The van der Waals surface area contributed by atoms with E-state index in [-0.39, 0.29) is 5.02 Å². The lowest BCUT2D eigenvalue weighted by atomic mass is 10.3. The van der Waals surface area contributed by atoms with Crippen LogP contribution in [0.5, 0.6) is 11.6 Å². The Morgan fingerprint density at radius 3 is 2.65 bits per heavy atom. The van der Waals surface area contributed by atoms with Gasteiger partial charge in [0, 0.05) is 13.1 Å². The molecule has 2 rings (SSSR count). The van der Waals surface area contributed by atoms with E-state index in [9.17, 15) is 4.39 Å². The summed E-state index contributed by atoms with van der Waals surface area (Å²) in [5.41, 5.74) is 0.736. The summed E-state index contributed by atoms with van der Waals surface area (Å²) in [6.07, 6.45) is 0. The molecule has 0 bridgehead atoms. The van der Waals surface area contributed by atoms with Crippen molar-refractivity contribution in [2.45, 2.75) is 13.8 Å². The highest BCUT2D eigenvalue weighted by atomic mass is 79.9. The predicted octanol–water partition coefficient (Wildman–Crippen LogP) is 4.48. The van der Waals surface area contributed by atoms with E-state index in [0.29, 0.717) is 27.7 Å². The van der Waals surface area contributed by atoms with Crippen molar-refractivity contribution in [3.05, 3.63) is 38.8 Å². The Bertz CT molecular complexity index is 667. The summed E-state index contributed by atoms with van der Waals surface area (Å²) in [6.45, 7) is 3.57. The Kier molecular flexibility index (Phi) is 4.45. The smallest absolute Gasteiger partial charge is 0.227 e. The minimum absolute atomic E-state index is 0.0238. The third-order valence-electron chi connectivity index (χ3n) is 2.63. The van der Waals surface area contributed by atoms with E-state index in [1.54, 1.807) is 14.0 Å². The van der Waals surface area contributed by atoms with Crippen LogP contribution in [0.3, 0.4) is 0 Å². The highest BCUT2D eigenvalue weighted by molar-refractivity contribution is 9.10. The zero-order chi connectivity index (χ0) is 14.9. The van der Waals surface area contributed by atoms with Gasteiger partial charge in [0.05, 0.1) is 15.1 Å². The number of benzene rings is 1. The lowest BCUT2D eigenvalue weighted by molar-refractivity contribution is 0.449. The third kappa shape index (κ3) is 3.02. The molecule has 1 heterocycles. The molecule has 0 aliphatic heterocycles. The fourth-order valence-electron chi connectivity index (χ4n) is 1.63. The molecule has 0 atom stereocenters. The molecule has 0 radical (unpaired) electrons. The third-order valence-corrected chi connectivity index (χ3v) is 3.54. The molecule has 0 spiro atoms. The second-order valence-corrected chi connectivity index (χ2v) is 5.36. The van der Waals surface area contributed by atoms with Crippen LogP contribution >= 0.6 is 27.5 Å². The molecule has 7 heteroatoms. The lowest BCUT2D eigenvalue weighted by Crippen LogP contribution is -2.03. The van der Waals surface area contributed by atoms with Crippen molar-refractivity contribution >= 4 is 33.3 Å². The molecule has 4 nitrogen and oxygen atoms in total. The molecule has 0 fully saturated rings. The summed E-state index contributed by atoms with van der Waals surface area (Å²) >= 11 is 8.98. The summed E-state index contributed by atoms with van der Waals surface area (Å²) < 4.78 is 19.7. The van der Waals surface area contributed by atoms with Gasteiger partial charge in [-0.1, -0.05) is 11.6 Å². The molecule has 0 aliphatic carbocycles. The van der Waals surface area contributed by atoms with Gasteiger partial charge >= 0.3 is 0 Å². The van der Waals surface area contributed by atoms with Gasteiger partial charge in [0.25, 0.3) is 0 Å². The number of nitrogens with one attached hydrogen (secondary N) is 1. The number of hydrogen-bond acceptors (Lipinski definition) is 4. The summed E-state index contributed by atoms with van der Waals surface area (Å²) in [4.78, 5) is 8.46. The van der Waals surface area contributed by atoms with Gasteiger partial charge in [-0.05, 0) is 35.8 Å². The van der Waals surface area contributed by atoms with Gasteiger partial charge < -0.3 is 10.1 Å². The molecule has 0 unspecified atom stereocenters. The van der Waals surface area contributed by atoms with Gasteiger partial charge in [0.1, 0.15) is 23.2 Å². The molecule has 0 saturated carbocycles. The number of halogens is 3. The Balaban J connectivity index is 2.45. The maximum absolute atomic E-state index is 13.5. The number of aromatic nitrogens is 2. The molecule has 106 valence electrons. The molecular formula is C13H12BrClFN3O. The first-order valence-corrected chi connectivity index (χ1v) is 6.95. The summed E-state index contributed by atoms with van der Waals surface area (Å²) in [7, 11) is 1.76. The van der Waals surface area contributed by atoms with Crippen LogP contribution in [0.1, 0.15) is 11.4 Å². The Labute approximate surface area is 129 Å². The number of rotatable bonds is 3. The molecule has 1 aromatic heterocycles. The first-order chi connectivity index (χ1) is 9.42. The molecule has 0 aliphatic rings. The van der Waals surface area contributed by atoms with E-state index in [1.165, 1.54) is 12.1 Å². The van der Waals surface area contributed by atoms with E-state index < -0.39 is 5.82 Å². The van der Waals surface area contributed by atoms with Crippen molar-refractivity contribution < 1.29 is 9.13 Å². The number of ether oxygens (including phenoxy) is 1. The van der Waals surface area contributed by atoms with E-state index in [2.05, 4.69) is 31.2 Å². The van der Waals surface area contributed by atoms with Crippen LogP contribution in [0.4, 0.5) is 10.2 Å². The first-order valence-electron chi connectivity index (χ1n) is 5.77. The molecule has 1 aromatic carbocycles. The minimum atomic E-state index is -0.554. The van der Waals surface area contributed by atoms with E-state index in [0.717, 1.165) is 5.56 Å². The molecule has 2 aromatic rings. The normalized spacial score (nSPS) is 10.5. The van der Waals surface area contributed by atoms with Crippen molar-refractivity contribution in [2.24, 2.45) is 0 Å². The molecule has 1 N–H and O–H groups in total. The van der Waals surface area contributed by atoms with E-state index in [1.807, 2.05) is 6.92 Å². The van der Waals surface area contributed by atoms with Crippen molar-refractivity contribution in [1.29, 1.82) is 0 Å². The molecule has 0 saturated heterocycles. The summed E-state index contributed by atoms with van der Waals surface area (Å²) in [6, 6.07) is 2.65. The highest BCUT2D eigenvalue weighted by Crippen LogP contribution is 2.35. The van der Waals surface area contributed by atoms with Gasteiger partial charge in [-0.25, -0.2) is 9.37 Å². The van der Waals surface area contributed by atoms with Crippen molar-refractivity contribution in [1.82, 2.24) is 9.97 Å². The van der Waals surface area contributed by atoms with E-state index in [4.69, 9.17) is 16.3 Å². The first kappa shape index (κ1) is 15.0. The number of nitrogens with zero attached hydrogens (tertiary/aromatic N) is 2. The fraction of sp³-hybridized carbons (Fsp3) is 0.231. The Hall–Kier alpha value is -1.40. The van der Waals surface area contributed by atoms with Gasteiger partial charge in [-0.15, -0.1) is 0 Å². The quantitative estimate of drug-likeness (QED) is 0.820. The number of anilines is 1. The Morgan fingerprint density at radius 1 is 1.30 bits per heavy atom. The van der Waals surface area contributed by atoms with Crippen LogP contribution < -0.4 is 10.1 Å². The minimum Gasteiger partial charge on any atom is -0.437 e. The predicted molar refractivity (Wildman–Crippen MR) is 80.2 cm³/mol. The maximum Gasteiger partial charge on any atom is 0.227 e. The second kappa shape index (κ2) is 5.93. The summed E-state index contributed by atoms with van der Waals surface area (Å²) in [5, 5.41) is 2.98. The number of hydrogen-bond donors (Lipinski definition) is 1. The standard InChI is InChI=1S/C13H12BrClFN3O/c1-6-12(17-3)18-7(2)19-13(6)20-11-5-10(16)9(15)4-8(11)14/h4-5H,1-3H3,(H,17,18,19). The monoisotopic (exact) mass is 359 g/mol. The SMILES string of the molecule is CNc1nc(C)nc(Oc2cc(F)c(Cl)cc2Br)c1C. The summed E-state index contributed by atoms with van der Waals surface area (Å²) in [5.74, 6) is 1.33. The molecule has 20 heavy (non-hydrogen) atoms. The van der Waals surface area contributed by atoms with Crippen LogP contribution in [0, 0.1) is 19.7 Å². The van der Waals surface area contributed by atoms with E-state index >= 15 is 0 Å². The fourth-order valence-corrected chi connectivity index (χ4v) is 2.35. The Morgan fingerprint density at radius 2 is 2.00 bits per heavy atom. The number of aryl methyl sites for hydroxylation is 1. The van der Waals surface area contributed by atoms with Crippen LogP contribution in [-0.4, -0.2) is 17.0 Å². The zero-order valence-electron chi connectivity index (χ0n) is 11.1. The van der Waals surface area contributed by atoms with Gasteiger partial charge in [0.2, 0.25) is 5.88 Å². The average Bonchev–Trinajstić information content (AvgIpc) is 2.39. The van der Waals surface area contributed by atoms with Crippen LogP contribution in [0.25, 0.3) is 0 Å². The van der Waals surface area contributed by atoms with Gasteiger partial charge in [-0.3, -0.25) is 0 Å². The topological polar surface area (TPSA) is 47.0 Å². The van der Waals surface area contributed by atoms with Gasteiger partial charge in [-0.2, -0.15) is 4.98 Å². The zero-order valence-corrected chi connectivity index (χ0v) is 13.4. The van der Waals surface area contributed by atoms with Crippen LogP contribution in [-0.2, 0) is 0 Å². The van der Waals surface area contributed by atoms with Gasteiger partial charge in [0.15, 0.2) is 0 Å². The van der Waals surface area contributed by atoms with Crippen molar-refractivity contribution in [3.8, 4) is 11.6 Å². The van der Waals surface area contributed by atoms with Crippen molar-refractivity contribution in [2.75, 3.05) is 12.4 Å². The van der Waals surface area contributed by atoms with Crippen molar-refractivity contribution in [3.63, 3.8) is 0 Å². The largest absolute Gasteiger partial charge is 0.437 e. The van der Waals surface area contributed by atoms with Crippen LogP contribution in [0.15, 0.2) is 16.6 Å². The highest BCUT2D eigenvalue weighted by Gasteiger charge is 2.14. The maximum atomic E-state index is 13.5. The second-order valence-electron chi connectivity index (χ2n) is 4.10. The van der Waals surface area contributed by atoms with Crippen LogP contribution in [0.2, 0.25) is 5.02 Å². The average molecular weight is 361 g/mol. The molecule has 0 amide bonds.